The van der Waals surface area contributed by atoms with Crippen LogP contribution in [0.4, 0.5) is 0 Å². The van der Waals surface area contributed by atoms with E-state index in [0.717, 1.165) is 0 Å². The van der Waals surface area contributed by atoms with E-state index in [1.807, 2.05) is 0 Å². The Labute approximate surface area is 175 Å². The van der Waals surface area contributed by atoms with Crippen LogP contribution in [0.15, 0.2) is 94.7 Å². The second-order valence-electron chi connectivity index (χ2n) is 8.51. The summed E-state index contributed by atoms with van der Waals surface area (Å²) in [6, 6.07) is 30.8. The Hall–Kier alpha value is -1.77. The van der Waals surface area contributed by atoms with Crippen molar-refractivity contribution in [1.82, 2.24) is 0 Å². The quantitative estimate of drug-likeness (QED) is 0.373. The summed E-state index contributed by atoms with van der Waals surface area (Å²) in [4.78, 5) is 4.98. The van der Waals surface area contributed by atoms with Gasteiger partial charge in [-0.2, -0.15) is 0 Å². The molecule has 0 aromatic heterocycles. The van der Waals surface area contributed by atoms with E-state index in [4.69, 9.17) is 0 Å². The molecule has 0 amide bonds. The summed E-state index contributed by atoms with van der Waals surface area (Å²) in [6.07, 6.45) is 4.61. The summed E-state index contributed by atoms with van der Waals surface area (Å²) < 4.78 is 3.09. The first-order valence-electron chi connectivity index (χ1n) is 9.96. The molecule has 0 spiro atoms. The Morgan fingerprint density at radius 1 is 0.464 bits per heavy atom. The maximum atomic E-state index is 2.49. The minimum atomic E-state index is -2.15. The molecule has 0 bridgehead atoms. The molecule has 3 aromatic carbocycles. The van der Waals surface area contributed by atoms with Crippen molar-refractivity contribution in [3.8, 4) is 0 Å². The van der Waals surface area contributed by atoms with Gasteiger partial charge in [0.05, 0.1) is 0 Å². The van der Waals surface area contributed by atoms with Crippen LogP contribution < -0.4 is 8.79 Å². The zero-order valence-corrected chi connectivity index (χ0v) is 21.6. The van der Waals surface area contributed by atoms with Crippen LogP contribution in [-0.2, 0) is 0 Å². The molecule has 0 fully saturated rings. The standard InChI is InChI=1S/C26H30Ge2/c1-27(2,21-19-23-11-7-5-8-12-23)25-15-17-26(18-16-25)28(3,4)22-20-24-13-9-6-10-14-24/h5-22H,1-4H3/b21-19+,22-20+. The van der Waals surface area contributed by atoms with Crippen molar-refractivity contribution in [2.75, 3.05) is 0 Å². The van der Waals surface area contributed by atoms with Gasteiger partial charge in [-0.1, -0.05) is 0 Å². The van der Waals surface area contributed by atoms with Crippen LogP contribution in [0.2, 0.25) is 23.0 Å². The van der Waals surface area contributed by atoms with E-state index >= 15 is 0 Å². The van der Waals surface area contributed by atoms with Crippen molar-refractivity contribution in [2.45, 2.75) is 23.0 Å². The minimum absolute atomic E-state index is 1.29. The second-order valence-corrected chi connectivity index (χ2v) is 26.8. The molecule has 0 saturated carbocycles. The molecule has 0 atom stereocenters. The summed E-state index contributed by atoms with van der Waals surface area (Å²) in [5.74, 6) is 9.87. The van der Waals surface area contributed by atoms with Crippen LogP contribution >= 0.6 is 0 Å². The van der Waals surface area contributed by atoms with Gasteiger partial charge in [0.1, 0.15) is 0 Å². The zero-order chi connectivity index (χ0) is 20.0. The maximum absolute atomic E-state index is 2.49. The molecule has 0 unspecified atom stereocenters. The molecule has 3 rings (SSSR count). The first kappa shape index (κ1) is 20.9. The molecule has 0 nitrogen and oxygen atoms in total. The number of rotatable bonds is 6. The molecule has 28 heavy (non-hydrogen) atoms. The fourth-order valence-corrected chi connectivity index (χ4v) is 10.9. The molecule has 0 radical (unpaired) electrons. The number of benzene rings is 3. The first-order valence-corrected chi connectivity index (χ1v) is 22.9. The Morgan fingerprint density at radius 3 is 1.11 bits per heavy atom. The van der Waals surface area contributed by atoms with Gasteiger partial charge in [0.2, 0.25) is 0 Å². The molecule has 0 aliphatic rings. The second kappa shape index (κ2) is 9.15. The molecule has 0 N–H and O–H groups in total. The first-order chi connectivity index (χ1) is 13.4. The zero-order valence-electron chi connectivity index (χ0n) is 17.4. The SMILES string of the molecule is [CH3][Ge]([CH3])(/[CH]=C/c1ccccc1)[c]1cc[c]([Ge]([CH3])([CH3])/[CH]=C/c2ccccc2)cc1. The van der Waals surface area contributed by atoms with Crippen molar-refractivity contribution < 1.29 is 0 Å². The molecular weight excluding hydrogens is 458 g/mol. The molecule has 142 valence electrons. The fraction of sp³-hybridized carbons (Fsp3) is 0.154. The Morgan fingerprint density at radius 2 is 0.786 bits per heavy atom. The molecule has 0 saturated heterocycles. The van der Waals surface area contributed by atoms with Gasteiger partial charge in [-0.05, 0) is 0 Å². The monoisotopic (exact) mass is 490 g/mol. The summed E-state index contributed by atoms with van der Waals surface area (Å²) in [5, 5.41) is 0. The molecule has 0 aliphatic heterocycles. The Kier molecular flexibility index (Phi) is 6.84. The summed E-state index contributed by atoms with van der Waals surface area (Å²) in [7, 11) is 0. The van der Waals surface area contributed by atoms with Gasteiger partial charge in [0, 0.05) is 0 Å². The van der Waals surface area contributed by atoms with Crippen LogP contribution in [-0.4, -0.2) is 26.5 Å². The summed E-state index contributed by atoms with van der Waals surface area (Å²) in [6.45, 7) is 0. The molecule has 3 aromatic rings. The Bertz CT molecular complexity index is 854. The van der Waals surface area contributed by atoms with Crippen LogP contribution in [0.25, 0.3) is 12.2 Å². The van der Waals surface area contributed by atoms with E-state index < -0.39 is 26.5 Å². The third-order valence-electron chi connectivity index (χ3n) is 5.36. The summed E-state index contributed by atoms with van der Waals surface area (Å²) >= 11 is -4.31. The molecule has 0 aliphatic carbocycles. The van der Waals surface area contributed by atoms with E-state index in [-0.39, 0.29) is 0 Å². The van der Waals surface area contributed by atoms with Gasteiger partial charge in [-0.15, -0.1) is 0 Å². The van der Waals surface area contributed by atoms with Crippen LogP contribution in [0.5, 0.6) is 0 Å². The van der Waals surface area contributed by atoms with Crippen LogP contribution in [0, 0.1) is 0 Å². The van der Waals surface area contributed by atoms with Gasteiger partial charge >= 0.3 is 176 Å². The predicted octanol–water partition coefficient (Wildman–Crippen LogP) is 6.02. The van der Waals surface area contributed by atoms with Gasteiger partial charge in [-0.3, -0.25) is 0 Å². The average Bonchev–Trinajstić information content (AvgIpc) is 2.73. The van der Waals surface area contributed by atoms with Crippen LogP contribution in [0.3, 0.4) is 0 Å². The molecule has 2 heteroatoms. The van der Waals surface area contributed by atoms with Crippen molar-refractivity contribution in [3.63, 3.8) is 0 Å². The van der Waals surface area contributed by atoms with Gasteiger partial charge in [0.25, 0.3) is 0 Å². The van der Waals surface area contributed by atoms with Crippen LogP contribution in [0.1, 0.15) is 11.1 Å². The van der Waals surface area contributed by atoms with E-state index in [1.165, 1.54) is 11.1 Å². The van der Waals surface area contributed by atoms with E-state index in [2.05, 4.69) is 130 Å². The van der Waals surface area contributed by atoms with Crippen molar-refractivity contribution in [3.05, 3.63) is 106 Å². The van der Waals surface area contributed by atoms with Gasteiger partial charge in [0.15, 0.2) is 0 Å². The van der Waals surface area contributed by atoms with E-state index in [1.54, 1.807) is 8.79 Å². The topological polar surface area (TPSA) is 0 Å². The van der Waals surface area contributed by atoms with Gasteiger partial charge in [-0.25, -0.2) is 0 Å². The number of hydrogen-bond acceptors (Lipinski definition) is 0. The van der Waals surface area contributed by atoms with E-state index in [9.17, 15) is 0 Å². The number of hydrogen-bond donors (Lipinski definition) is 0. The average molecular weight is 488 g/mol. The Balaban J connectivity index is 1.76. The van der Waals surface area contributed by atoms with Crippen molar-refractivity contribution >= 4 is 47.5 Å². The third-order valence-corrected chi connectivity index (χ3v) is 17.2. The fourth-order valence-electron chi connectivity index (χ4n) is 3.26. The molecule has 0 heterocycles. The van der Waals surface area contributed by atoms with Crippen molar-refractivity contribution in [2.24, 2.45) is 0 Å². The third kappa shape index (κ3) is 5.62. The normalized spacial score (nSPS) is 12.7. The van der Waals surface area contributed by atoms with Crippen molar-refractivity contribution in [1.29, 1.82) is 0 Å². The molecular formula is C26H30Ge2. The predicted molar refractivity (Wildman–Crippen MR) is 132 cm³/mol. The summed E-state index contributed by atoms with van der Waals surface area (Å²) in [5.41, 5.74) is 2.58. The van der Waals surface area contributed by atoms with Gasteiger partial charge < -0.3 is 0 Å². The van der Waals surface area contributed by atoms with E-state index in [0.29, 0.717) is 0 Å².